The molecule has 1 saturated carbocycles. The lowest BCUT2D eigenvalue weighted by Gasteiger charge is -2.28. The van der Waals surface area contributed by atoms with Gasteiger partial charge in [0, 0.05) is 24.7 Å². The first-order valence-electron chi connectivity index (χ1n) is 8.28. The summed E-state index contributed by atoms with van der Waals surface area (Å²) in [5.41, 5.74) is 3.74. The van der Waals surface area contributed by atoms with Crippen molar-refractivity contribution in [2.45, 2.75) is 50.0 Å². The number of nitrogens with one attached hydrogen (secondary N) is 1. The van der Waals surface area contributed by atoms with Crippen LogP contribution >= 0.6 is 0 Å². The van der Waals surface area contributed by atoms with Crippen LogP contribution in [0.4, 0.5) is 0 Å². The van der Waals surface area contributed by atoms with Crippen molar-refractivity contribution >= 4 is 0 Å². The van der Waals surface area contributed by atoms with Gasteiger partial charge in [-0.15, -0.1) is 0 Å². The zero-order valence-corrected chi connectivity index (χ0v) is 12.2. The smallest absolute Gasteiger partial charge is 0.0469 e. The summed E-state index contributed by atoms with van der Waals surface area (Å²) in [4.78, 5) is 0. The minimum Gasteiger partial charge on any atom is -0.381 e. The molecule has 1 saturated heterocycles. The molecule has 2 unspecified atom stereocenters. The number of aryl methyl sites for hydroxylation is 1. The van der Waals surface area contributed by atoms with E-state index in [-0.39, 0.29) is 0 Å². The zero-order chi connectivity index (χ0) is 13.4. The normalized spacial score (nSPS) is 33.1. The van der Waals surface area contributed by atoms with Crippen molar-refractivity contribution in [2.24, 2.45) is 5.92 Å². The third-order valence-electron chi connectivity index (χ3n) is 5.69. The molecule has 1 spiro atoms. The number of fused-ring (bicyclic) bond motifs is 2. The van der Waals surface area contributed by atoms with E-state index in [9.17, 15) is 0 Å². The van der Waals surface area contributed by atoms with Gasteiger partial charge in [-0.05, 0) is 62.1 Å². The second-order valence-electron chi connectivity index (χ2n) is 6.89. The van der Waals surface area contributed by atoms with E-state index < -0.39 is 0 Å². The number of benzene rings is 1. The minimum absolute atomic E-state index is 0.486. The summed E-state index contributed by atoms with van der Waals surface area (Å²) in [7, 11) is 0. The highest BCUT2D eigenvalue weighted by molar-refractivity contribution is 5.44. The van der Waals surface area contributed by atoms with E-state index in [0.717, 1.165) is 25.2 Å². The maximum atomic E-state index is 5.45. The van der Waals surface area contributed by atoms with E-state index in [0.29, 0.717) is 5.41 Å². The van der Waals surface area contributed by atoms with Gasteiger partial charge in [0.1, 0.15) is 0 Å². The largest absolute Gasteiger partial charge is 0.381 e. The van der Waals surface area contributed by atoms with Crippen molar-refractivity contribution < 1.29 is 4.74 Å². The molecule has 20 heavy (non-hydrogen) atoms. The Kier molecular flexibility index (Phi) is 3.31. The Morgan fingerprint density at radius 1 is 1.20 bits per heavy atom. The number of ether oxygens (including phenoxy) is 1. The fourth-order valence-electron chi connectivity index (χ4n) is 4.36. The average Bonchev–Trinajstić information content (AvgIpc) is 3.20. The quantitative estimate of drug-likeness (QED) is 0.912. The SMILES string of the molecule is c1ccc2c(c1)CCCC21CC1NCC1CCOCC1. The third kappa shape index (κ3) is 2.19. The van der Waals surface area contributed by atoms with Crippen LogP contribution in [0.5, 0.6) is 0 Å². The average molecular weight is 271 g/mol. The molecule has 1 heterocycles. The Bertz CT molecular complexity index is 480. The Labute approximate surface area is 121 Å². The topological polar surface area (TPSA) is 21.3 Å². The zero-order valence-electron chi connectivity index (χ0n) is 12.2. The van der Waals surface area contributed by atoms with Crippen LogP contribution in [0, 0.1) is 5.92 Å². The van der Waals surface area contributed by atoms with Crippen LogP contribution in [0.2, 0.25) is 0 Å². The van der Waals surface area contributed by atoms with Gasteiger partial charge in [0.15, 0.2) is 0 Å². The molecule has 2 fully saturated rings. The van der Waals surface area contributed by atoms with Gasteiger partial charge >= 0.3 is 0 Å². The fraction of sp³-hybridized carbons (Fsp3) is 0.667. The van der Waals surface area contributed by atoms with Gasteiger partial charge in [-0.25, -0.2) is 0 Å². The lowest BCUT2D eigenvalue weighted by atomic mass is 9.79. The first kappa shape index (κ1) is 12.8. The summed E-state index contributed by atoms with van der Waals surface area (Å²) in [6.45, 7) is 3.12. The third-order valence-corrected chi connectivity index (χ3v) is 5.69. The number of hydrogen-bond acceptors (Lipinski definition) is 2. The van der Waals surface area contributed by atoms with Gasteiger partial charge in [-0.1, -0.05) is 24.3 Å². The van der Waals surface area contributed by atoms with Crippen molar-refractivity contribution in [1.29, 1.82) is 0 Å². The van der Waals surface area contributed by atoms with E-state index >= 15 is 0 Å². The molecule has 1 N–H and O–H groups in total. The van der Waals surface area contributed by atoms with Crippen LogP contribution in [-0.4, -0.2) is 25.8 Å². The molecule has 2 aliphatic carbocycles. The first-order valence-corrected chi connectivity index (χ1v) is 8.28. The second kappa shape index (κ2) is 5.16. The molecular weight excluding hydrogens is 246 g/mol. The van der Waals surface area contributed by atoms with Crippen LogP contribution in [0.1, 0.15) is 43.2 Å². The van der Waals surface area contributed by atoms with Crippen molar-refractivity contribution in [3.8, 4) is 0 Å². The van der Waals surface area contributed by atoms with Gasteiger partial charge in [0.05, 0.1) is 0 Å². The van der Waals surface area contributed by atoms with Crippen LogP contribution in [0.3, 0.4) is 0 Å². The van der Waals surface area contributed by atoms with Crippen LogP contribution in [0.25, 0.3) is 0 Å². The second-order valence-corrected chi connectivity index (χ2v) is 6.89. The molecule has 2 nitrogen and oxygen atoms in total. The molecule has 0 radical (unpaired) electrons. The molecule has 3 aliphatic rings. The number of rotatable bonds is 3. The molecule has 108 valence electrons. The maximum Gasteiger partial charge on any atom is 0.0469 e. The van der Waals surface area contributed by atoms with Crippen LogP contribution in [0.15, 0.2) is 24.3 Å². The summed E-state index contributed by atoms with van der Waals surface area (Å²) >= 11 is 0. The fourth-order valence-corrected chi connectivity index (χ4v) is 4.36. The highest BCUT2D eigenvalue weighted by atomic mass is 16.5. The van der Waals surface area contributed by atoms with Crippen molar-refractivity contribution in [2.75, 3.05) is 19.8 Å². The molecule has 2 atom stereocenters. The summed E-state index contributed by atoms with van der Waals surface area (Å²) in [5, 5.41) is 3.87. The van der Waals surface area contributed by atoms with Crippen molar-refractivity contribution in [3.63, 3.8) is 0 Å². The predicted molar refractivity (Wildman–Crippen MR) is 81.0 cm³/mol. The highest BCUT2D eigenvalue weighted by Crippen LogP contribution is 2.55. The molecular formula is C18H25NO. The van der Waals surface area contributed by atoms with Gasteiger partial charge in [0.2, 0.25) is 0 Å². The highest BCUT2D eigenvalue weighted by Gasteiger charge is 2.56. The summed E-state index contributed by atoms with van der Waals surface area (Å²) in [6.07, 6.45) is 7.87. The minimum atomic E-state index is 0.486. The molecule has 2 heteroatoms. The molecule has 1 aliphatic heterocycles. The molecule has 4 rings (SSSR count). The van der Waals surface area contributed by atoms with E-state index in [4.69, 9.17) is 4.74 Å². The number of hydrogen-bond donors (Lipinski definition) is 1. The summed E-state index contributed by atoms with van der Waals surface area (Å²) in [6, 6.07) is 9.87. The maximum absolute atomic E-state index is 5.45. The van der Waals surface area contributed by atoms with E-state index in [1.165, 1.54) is 45.1 Å². The van der Waals surface area contributed by atoms with Gasteiger partial charge in [-0.2, -0.15) is 0 Å². The Morgan fingerprint density at radius 2 is 2.05 bits per heavy atom. The molecule has 0 bridgehead atoms. The van der Waals surface area contributed by atoms with Gasteiger partial charge < -0.3 is 10.1 Å². The van der Waals surface area contributed by atoms with E-state index in [2.05, 4.69) is 29.6 Å². The predicted octanol–water partition coefficient (Wildman–Crippen LogP) is 3.05. The van der Waals surface area contributed by atoms with Gasteiger partial charge in [-0.3, -0.25) is 0 Å². The standard InChI is InChI=1S/C18H25NO/c1-2-6-16-15(4-1)5-3-9-18(16)12-17(18)19-13-14-7-10-20-11-8-14/h1-2,4,6,14,17,19H,3,5,7-13H2. The molecule has 0 amide bonds. The lowest BCUT2D eigenvalue weighted by Crippen LogP contribution is -2.33. The summed E-state index contributed by atoms with van der Waals surface area (Å²) in [5.74, 6) is 0.834. The van der Waals surface area contributed by atoms with E-state index in [1.54, 1.807) is 11.1 Å². The summed E-state index contributed by atoms with van der Waals surface area (Å²) < 4.78 is 5.45. The van der Waals surface area contributed by atoms with Crippen molar-refractivity contribution in [1.82, 2.24) is 5.32 Å². The Morgan fingerprint density at radius 3 is 2.95 bits per heavy atom. The van der Waals surface area contributed by atoms with E-state index in [1.807, 2.05) is 0 Å². The van der Waals surface area contributed by atoms with Crippen LogP contribution < -0.4 is 5.32 Å². The Hall–Kier alpha value is -0.860. The lowest BCUT2D eigenvalue weighted by molar-refractivity contribution is 0.0660. The monoisotopic (exact) mass is 271 g/mol. The first-order chi connectivity index (χ1) is 9.88. The molecule has 1 aromatic rings. The van der Waals surface area contributed by atoms with Gasteiger partial charge in [0.25, 0.3) is 0 Å². The Balaban J connectivity index is 1.41. The van der Waals surface area contributed by atoms with Crippen molar-refractivity contribution in [3.05, 3.63) is 35.4 Å². The molecule has 1 aromatic carbocycles. The van der Waals surface area contributed by atoms with Crippen LogP contribution in [-0.2, 0) is 16.6 Å². The molecule has 0 aromatic heterocycles.